The van der Waals surface area contributed by atoms with Crippen LogP contribution in [0, 0.1) is 6.92 Å². The highest BCUT2D eigenvalue weighted by Crippen LogP contribution is 2.31. The molecule has 5 heteroatoms. The molecule has 2 heterocycles. The molecule has 1 saturated heterocycles. The number of carboxylic acid groups (broad SMARTS) is 1. The Morgan fingerprint density at radius 1 is 1.56 bits per heavy atom. The summed E-state index contributed by atoms with van der Waals surface area (Å²) in [6.07, 6.45) is 2.03. The zero-order chi connectivity index (χ0) is 11.5. The van der Waals surface area contributed by atoms with Gasteiger partial charge in [-0.2, -0.15) is 0 Å². The van der Waals surface area contributed by atoms with Crippen molar-refractivity contribution < 1.29 is 14.6 Å². The van der Waals surface area contributed by atoms with Crippen LogP contribution in [0.15, 0.2) is 0 Å². The Kier molecular flexibility index (Phi) is 3.56. The molecule has 2 rings (SSSR count). The molecule has 1 aromatic heterocycles. The normalized spacial score (nSPS) is 17.6. The predicted molar refractivity (Wildman–Crippen MR) is 61.0 cm³/mol. The highest BCUT2D eigenvalue weighted by atomic mass is 32.1. The lowest BCUT2D eigenvalue weighted by molar-refractivity contribution is -0.136. The van der Waals surface area contributed by atoms with Crippen LogP contribution in [0.3, 0.4) is 0 Å². The van der Waals surface area contributed by atoms with Gasteiger partial charge < -0.3 is 9.84 Å². The molecule has 88 valence electrons. The second kappa shape index (κ2) is 4.93. The van der Waals surface area contributed by atoms with E-state index in [1.807, 2.05) is 6.92 Å². The van der Waals surface area contributed by atoms with Crippen molar-refractivity contribution in [3.05, 3.63) is 15.6 Å². The van der Waals surface area contributed by atoms with Gasteiger partial charge in [0, 0.05) is 24.0 Å². The monoisotopic (exact) mass is 241 g/mol. The molecular weight excluding hydrogens is 226 g/mol. The molecule has 4 nitrogen and oxygen atoms in total. The Labute approximate surface area is 98.3 Å². The van der Waals surface area contributed by atoms with Crippen molar-refractivity contribution in [2.75, 3.05) is 13.2 Å². The van der Waals surface area contributed by atoms with E-state index in [1.165, 1.54) is 11.3 Å². The van der Waals surface area contributed by atoms with E-state index in [0.717, 1.165) is 36.6 Å². The predicted octanol–water partition coefficient (Wildman–Crippen LogP) is 1.97. The first-order valence-electron chi connectivity index (χ1n) is 5.42. The van der Waals surface area contributed by atoms with E-state index in [2.05, 4.69) is 4.98 Å². The number of aliphatic carboxylic acids is 1. The lowest BCUT2D eigenvalue weighted by Crippen LogP contribution is -2.15. The summed E-state index contributed by atoms with van der Waals surface area (Å²) in [5, 5.41) is 9.44. The maximum Gasteiger partial charge on any atom is 0.310 e. The summed E-state index contributed by atoms with van der Waals surface area (Å²) < 4.78 is 5.31. The van der Waals surface area contributed by atoms with E-state index in [-0.39, 0.29) is 6.42 Å². The van der Waals surface area contributed by atoms with Gasteiger partial charge in [0.15, 0.2) is 0 Å². The first kappa shape index (κ1) is 11.5. The summed E-state index contributed by atoms with van der Waals surface area (Å²) in [6, 6.07) is 0. The van der Waals surface area contributed by atoms with Gasteiger partial charge >= 0.3 is 5.97 Å². The molecule has 0 aromatic carbocycles. The van der Waals surface area contributed by atoms with Crippen LogP contribution < -0.4 is 0 Å². The number of hydrogen-bond acceptors (Lipinski definition) is 4. The first-order valence-corrected chi connectivity index (χ1v) is 6.24. The van der Waals surface area contributed by atoms with Crippen molar-refractivity contribution in [1.29, 1.82) is 0 Å². The summed E-state index contributed by atoms with van der Waals surface area (Å²) in [7, 11) is 0. The highest BCUT2D eigenvalue weighted by Gasteiger charge is 2.21. The van der Waals surface area contributed by atoms with Crippen LogP contribution in [0.2, 0.25) is 0 Å². The number of carbonyl (C=O) groups is 1. The molecule has 16 heavy (non-hydrogen) atoms. The molecule has 0 saturated carbocycles. The Morgan fingerprint density at radius 2 is 2.25 bits per heavy atom. The van der Waals surface area contributed by atoms with E-state index in [4.69, 9.17) is 9.84 Å². The molecule has 0 spiro atoms. The maximum absolute atomic E-state index is 10.6. The third-order valence-electron chi connectivity index (χ3n) is 2.79. The number of rotatable bonds is 3. The average Bonchev–Trinajstić information content (AvgIpc) is 2.60. The maximum atomic E-state index is 10.6. The van der Waals surface area contributed by atoms with Crippen LogP contribution in [-0.2, 0) is 16.0 Å². The van der Waals surface area contributed by atoms with Crippen LogP contribution in [0.25, 0.3) is 0 Å². The van der Waals surface area contributed by atoms with E-state index in [0.29, 0.717) is 10.9 Å². The number of nitrogens with zero attached hydrogens (tertiary/aromatic N) is 1. The fourth-order valence-electron chi connectivity index (χ4n) is 2.02. The summed E-state index contributed by atoms with van der Waals surface area (Å²) in [6.45, 7) is 3.60. The van der Waals surface area contributed by atoms with E-state index < -0.39 is 5.97 Å². The summed E-state index contributed by atoms with van der Waals surface area (Å²) >= 11 is 1.50. The largest absolute Gasteiger partial charge is 0.481 e. The topological polar surface area (TPSA) is 59.4 Å². The van der Waals surface area contributed by atoms with Gasteiger partial charge in [0.05, 0.1) is 12.1 Å². The minimum atomic E-state index is -0.813. The van der Waals surface area contributed by atoms with Gasteiger partial charge in [0.2, 0.25) is 0 Å². The van der Waals surface area contributed by atoms with Gasteiger partial charge in [-0.05, 0) is 19.8 Å². The number of aromatic nitrogens is 1. The average molecular weight is 241 g/mol. The Morgan fingerprint density at radius 3 is 2.88 bits per heavy atom. The molecule has 0 atom stereocenters. The zero-order valence-corrected chi connectivity index (χ0v) is 10.0. The molecule has 1 fully saturated rings. The lowest BCUT2D eigenvalue weighted by Gasteiger charge is -2.20. The molecular formula is C11H15NO3S. The number of thiazole rings is 1. The van der Waals surface area contributed by atoms with Gasteiger partial charge in [0.1, 0.15) is 5.01 Å². The second-order valence-electron chi connectivity index (χ2n) is 4.01. The molecule has 0 amide bonds. The number of carboxylic acids is 1. The third kappa shape index (κ3) is 2.59. The van der Waals surface area contributed by atoms with Crippen molar-refractivity contribution in [2.24, 2.45) is 0 Å². The molecule has 1 aliphatic heterocycles. The second-order valence-corrected chi connectivity index (χ2v) is 5.29. The van der Waals surface area contributed by atoms with Gasteiger partial charge in [-0.15, -0.1) is 11.3 Å². The van der Waals surface area contributed by atoms with Crippen molar-refractivity contribution in [3.63, 3.8) is 0 Å². The minimum absolute atomic E-state index is 0.0364. The third-order valence-corrected chi connectivity index (χ3v) is 3.77. The summed E-state index contributed by atoms with van der Waals surface area (Å²) in [4.78, 5) is 16.2. The van der Waals surface area contributed by atoms with E-state index in [9.17, 15) is 4.79 Å². The summed E-state index contributed by atoms with van der Waals surface area (Å²) in [5.41, 5.74) is 1.09. The van der Waals surface area contributed by atoms with Crippen molar-refractivity contribution in [2.45, 2.75) is 32.1 Å². The van der Waals surface area contributed by atoms with Gasteiger partial charge in [-0.1, -0.05) is 0 Å². The number of ether oxygens (including phenoxy) is 1. The first-order chi connectivity index (χ1) is 7.66. The fourth-order valence-corrected chi connectivity index (χ4v) is 3.03. The number of hydrogen-bond donors (Lipinski definition) is 1. The molecule has 0 unspecified atom stereocenters. The molecule has 1 N–H and O–H groups in total. The molecule has 0 bridgehead atoms. The van der Waals surface area contributed by atoms with Crippen LogP contribution >= 0.6 is 11.3 Å². The smallest absolute Gasteiger partial charge is 0.310 e. The van der Waals surface area contributed by atoms with Crippen molar-refractivity contribution in [3.8, 4) is 0 Å². The van der Waals surface area contributed by atoms with E-state index >= 15 is 0 Å². The standard InChI is InChI=1S/C11H15NO3S/c1-7-11(8-2-4-15-5-3-8)12-9(16-7)6-10(13)14/h8H,2-6H2,1H3,(H,13,14). The molecule has 0 aliphatic carbocycles. The van der Waals surface area contributed by atoms with Crippen LogP contribution in [0.1, 0.15) is 34.3 Å². The Bertz CT molecular complexity index is 383. The van der Waals surface area contributed by atoms with Gasteiger partial charge in [-0.3, -0.25) is 4.79 Å². The number of aryl methyl sites for hydroxylation is 1. The fraction of sp³-hybridized carbons (Fsp3) is 0.636. The highest BCUT2D eigenvalue weighted by molar-refractivity contribution is 7.11. The van der Waals surface area contributed by atoms with Crippen LogP contribution in [0.5, 0.6) is 0 Å². The quantitative estimate of drug-likeness (QED) is 0.879. The van der Waals surface area contributed by atoms with Crippen molar-refractivity contribution in [1.82, 2.24) is 4.98 Å². The Balaban J connectivity index is 2.13. The SMILES string of the molecule is Cc1sc(CC(=O)O)nc1C1CCOCC1. The molecule has 1 aliphatic rings. The Hall–Kier alpha value is -0.940. The van der Waals surface area contributed by atoms with Crippen molar-refractivity contribution >= 4 is 17.3 Å². The van der Waals surface area contributed by atoms with Gasteiger partial charge in [0.25, 0.3) is 0 Å². The van der Waals surface area contributed by atoms with Gasteiger partial charge in [-0.25, -0.2) is 4.98 Å². The molecule has 0 radical (unpaired) electrons. The minimum Gasteiger partial charge on any atom is -0.481 e. The zero-order valence-electron chi connectivity index (χ0n) is 9.23. The van der Waals surface area contributed by atoms with Crippen LogP contribution in [-0.4, -0.2) is 29.3 Å². The summed E-state index contributed by atoms with van der Waals surface area (Å²) in [5.74, 6) is -0.361. The lowest BCUT2D eigenvalue weighted by atomic mass is 9.96. The molecule has 1 aromatic rings. The van der Waals surface area contributed by atoms with Crippen LogP contribution in [0.4, 0.5) is 0 Å². The van der Waals surface area contributed by atoms with E-state index in [1.54, 1.807) is 0 Å².